The van der Waals surface area contributed by atoms with E-state index in [1.807, 2.05) is 0 Å². The van der Waals surface area contributed by atoms with Gasteiger partial charge < -0.3 is 10.1 Å². The van der Waals surface area contributed by atoms with Crippen LogP contribution in [0.1, 0.15) is 30.5 Å². The minimum Gasteiger partial charge on any atom is -0.486 e. The second kappa shape index (κ2) is 3.53. The summed E-state index contributed by atoms with van der Waals surface area (Å²) in [5, 5.41) is 3.42. The Morgan fingerprint density at radius 2 is 1.87 bits per heavy atom. The lowest BCUT2D eigenvalue weighted by Gasteiger charge is -2.24. The van der Waals surface area contributed by atoms with E-state index in [1.54, 1.807) is 0 Å². The number of benzene rings is 1. The third-order valence-corrected chi connectivity index (χ3v) is 2.93. The van der Waals surface area contributed by atoms with Gasteiger partial charge in [-0.3, -0.25) is 0 Å². The lowest BCUT2D eigenvalue weighted by Crippen LogP contribution is -2.37. The summed E-state index contributed by atoms with van der Waals surface area (Å²) in [6.45, 7) is 10.3. The summed E-state index contributed by atoms with van der Waals surface area (Å²) in [6.07, 6.45) is 0. The Balaban J connectivity index is 2.43. The van der Waals surface area contributed by atoms with Gasteiger partial charge >= 0.3 is 0 Å². The topological polar surface area (TPSA) is 21.3 Å². The number of aryl methyl sites for hydroxylation is 2. The molecule has 1 aliphatic heterocycles. The minimum atomic E-state index is -0.118. The van der Waals surface area contributed by atoms with Crippen LogP contribution in [-0.2, 0) is 6.54 Å². The fourth-order valence-corrected chi connectivity index (χ4v) is 1.91. The molecule has 2 rings (SSSR count). The quantitative estimate of drug-likeness (QED) is 0.703. The molecule has 2 heteroatoms. The highest BCUT2D eigenvalue weighted by atomic mass is 16.5. The van der Waals surface area contributed by atoms with Gasteiger partial charge in [0.2, 0.25) is 0 Å². The zero-order chi connectivity index (χ0) is 11.1. The zero-order valence-electron chi connectivity index (χ0n) is 9.98. The van der Waals surface area contributed by atoms with Gasteiger partial charge in [0.25, 0.3) is 0 Å². The fraction of sp³-hybridized carbons (Fsp3) is 0.538. The average Bonchev–Trinajstić information content (AvgIpc) is 2.24. The highest BCUT2D eigenvalue weighted by Gasteiger charge is 2.24. The van der Waals surface area contributed by atoms with Crippen molar-refractivity contribution in [3.63, 3.8) is 0 Å². The summed E-state index contributed by atoms with van der Waals surface area (Å²) >= 11 is 0. The first-order valence-electron chi connectivity index (χ1n) is 5.48. The SMILES string of the molecule is Cc1cc2c(cc1C)OC(C)(C)CNC2. The minimum absolute atomic E-state index is 0.118. The van der Waals surface area contributed by atoms with Crippen LogP contribution in [-0.4, -0.2) is 12.1 Å². The first-order valence-corrected chi connectivity index (χ1v) is 5.48. The number of rotatable bonds is 0. The van der Waals surface area contributed by atoms with Crippen molar-refractivity contribution >= 4 is 0 Å². The Bertz CT molecular complexity index is 382. The van der Waals surface area contributed by atoms with Gasteiger partial charge in [0.05, 0.1) is 0 Å². The average molecular weight is 205 g/mol. The van der Waals surface area contributed by atoms with E-state index >= 15 is 0 Å². The predicted octanol–water partition coefficient (Wildman–Crippen LogP) is 2.56. The Kier molecular flexibility index (Phi) is 2.47. The van der Waals surface area contributed by atoms with Crippen LogP contribution in [0.2, 0.25) is 0 Å². The van der Waals surface area contributed by atoms with E-state index in [0.717, 1.165) is 18.8 Å². The van der Waals surface area contributed by atoms with Crippen molar-refractivity contribution in [2.45, 2.75) is 39.8 Å². The molecule has 0 spiro atoms. The molecule has 0 saturated heterocycles. The molecule has 1 aromatic carbocycles. The Hall–Kier alpha value is -1.02. The van der Waals surface area contributed by atoms with Crippen LogP contribution in [0.4, 0.5) is 0 Å². The van der Waals surface area contributed by atoms with Gasteiger partial charge in [-0.05, 0) is 44.9 Å². The van der Waals surface area contributed by atoms with E-state index in [2.05, 4.69) is 45.1 Å². The van der Waals surface area contributed by atoms with E-state index < -0.39 is 0 Å². The molecule has 15 heavy (non-hydrogen) atoms. The van der Waals surface area contributed by atoms with Gasteiger partial charge in [-0.2, -0.15) is 0 Å². The molecule has 0 unspecified atom stereocenters. The van der Waals surface area contributed by atoms with E-state index in [4.69, 9.17) is 4.74 Å². The molecule has 0 bridgehead atoms. The summed E-state index contributed by atoms with van der Waals surface area (Å²) in [6, 6.07) is 4.37. The van der Waals surface area contributed by atoms with Crippen LogP contribution < -0.4 is 10.1 Å². The van der Waals surface area contributed by atoms with Gasteiger partial charge in [0, 0.05) is 18.7 Å². The molecule has 1 heterocycles. The van der Waals surface area contributed by atoms with Crippen LogP contribution in [0.15, 0.2) is 12.1 Å². The third kappa shape index (κ3) is 2.15. The number of hydrogen-bond donors (Lipinski definition) is 1. The van der Waals surface area contributed by atoms with Crippen molar-refractivity contribution in [1.82, 2.24) is 5.32 Å². The number of nitrogens with one attached hydrogen (secondary N) is 1. The first kappa shape index (κ1) is 10.5. The molecule has 0 aliphatic carbocycles. The van der Waals surface area contributed by atoms with Gasteiger partial charge in [-0.15, -0.1) is 0 Å². The molecule has 0 aromatic heterocycles. The van der Waals surface area contributed by atoms with Crippen LogP contribution in [0.5, 0.6) is 5.75 Å². The van der Waals surface area contributed by atoms with Gasteiger partial charge in [0.1, 0.15) is 11.4 Å². The summed E-state index contributed by atoms with van der Waals surface area (Å²) in [4.78, 5) is 0. The van der Waals surface area contributed by atoms with Crippen molar-refractivity contribution in [2.24, 2.45) is 0 Å². The Morgan fingerprint density at radius 1 is 1.20 bits per heavy atom. The molecular formula is C13H19NO. The maximum atomic E-state index is 6.02. The van der Waals surface area contributed by atoms with E-state index in [9.17, 15) is 0 Å². The monoisotopic (exact) mass is 205 g/mol. The molecule has 0 amide bonds. The number of hydrogen-bond acceptors (Lipinski definition) is 2. The normalized spacial score (nSPS) is 18.9. The van der Waals surface area contributed by atoms with Crippen molar-refractivity contribution in [3.05, 3.63) is 28.8 Å². The molecule has 0 fully saturated rings. The van der Waals surface area contributed by atoms with Crippen molar-refractivity contribution in [2.75, 3.05) is 6.54 Å². The highest BCUT2D eigenvalue weighted by molar-refractivity contribution is 5.42. The predicted molar refractivity (Wildman–Crippen MR) is 62.3 cm³/mol. The number of ether oxygens (including phenoxy) is 1. The molecule has 0 atom stereocenters. The molecule has 1 N–H and O–H groups in total. The van der Waals surface area contributed by atoms with Crippen molar-refractivity contribution < 1.29 is 4.74 Å². The van der Waals surface area contributed by atoms with Crippen LogP contribution in [0.3, 0.4) is 0 Å². The molecular weight excluding hydrogens is 186 g/mol. The number of fused-ring (bicyclic) bond motifs is 1. The second-order valence-electron chi connectivity index (χ2n) is 5.01. The first-order chi connectivity index (χ1) is 6.98. The lowest BCUT2D eigenvalue weighted by atomic mass is 10.1. The van der Waals surface area contributed by atoms with Gasteiger partial charge in [0.15, 0.2) is 0 Å². The molecule has 0 radical (unpaired) electrons. The van der Waals surface area contributed by atoms with Crippen LogP contribution in [0, 0.1) is 13.8 Å². The molecule has 1 aromatic rings. The van der Waals surface area contributed by atoms with Crippen molar-refractivity contribution in [1.29, 1.82) is 0 Å². The standard InChI is InChI=1S/C13H19NO/c1-9-5-11-7-14-8-13(3,4)15-12(11)6-10(9)2/h5-6,14H,7-8H2,1-4H3. The molecule has 0 saturated carbocycles. The fourth-order valence-electron chi connectivity index (χ4n) is 1.91. The summed E-state index contributed by atoms with van der Waals surface area (Å²) < 4.78 is 6.02. The van der Waals surface area contributed by atoms with E-state index in [1.165, 1.54) is 16.7 Å². The largest absolute Gasteiger partial charge is 0.486 e. The second-order valence-corrected chi connectivity index (χ2v) is 5.01. The third-order valence-electron chi connectivity index (χ3n) is 2.93. The van der Waals surface area contributed by atoms with Crippen LogP contribution in [0.25, 0.3) is 0 Å². The maximum absolute atomic E-state index is 6.02. The van der Waals surface area contributed by atoms with Gasteiger partial charge in [-0.25, -0.2) is 0 Å². The highest BCUT2D eigenvalue weighted by Crippen LogP contribution is 2.28. The summed E-state index contributed by atoms with van der Waals surface area (Å²) in [5.41, 5.74) is 3.78. The van der Waals surface area contributed by atoms with E-state index in [0.29, 0.717) is 0 Å². The zero-order valence-corrected chi connectivity index (χ0v) is 9.98. The molecule has 1 aliphatic rings. The van der Waals surface area contributed by atoms with E-state index in [-0.39, 0.29) is 5.60 Å². The van der Waals surface area contributed by atoms with Crippen LogP contribution >= 0.6 is 0 Å². The van der Waals surface area contributed by atoms with Gasteiger partial charge in [-0.1, -0.05) is 6.07 Å². The molecule has 82 valence electrons. The Morgan fingerprint density at radius 3 is 2.60 bits per heavy atom. The summed E-state index contributed by atoms with van der Waals surface area (Å²) in [7, 11) is 0. The Labute approximate surface area is 91.6 Å². The molecule has 2 nitrogen and oxygen atoms in total. The maximum Gasteiger partial charge on any atom is 0.124 e. The van der Waals surface area contributed by atoms with Crippen molar-refractivity contribution in [3.8, 4) is 5.75 Å². The lowest BCUT2D eigenvalue weighted by molar-refractivity contribution is 0.115. The smallest absolute Gasteiger partial charge is 0.124 e. The summed E-state index contributed by atoms with van der Waals surface area (Å²) in [5.74, 6) is 1.04.